The minimum Gasteiger partial charge on any atom is -0.467 e. The van der Waals surface area contributed by atoms with Crippen LogP contribution in [0.15, 0.2) is 0 Å². The van der Waals surface area contributed by atoms with Crippen LogP contribution in [0.1, 0.15) is 19.3 Å². The topological polar surface area (TPSA) is 51.1 Å². The van der Waals surface area contributed by atoms with Gasteiger partial charge < -0.3 is 14.1 Å². The number of piperidine rings is 1. The van der Waals surface area contributed by atoms with Gasteiger partial charge in [-0.15, -0.1) is 21.6 Å². The smallest absolute Gasteiger partial charge is 0.337 e. The van der Waals surface area contributed by atoms with Gasteiger partial charge in [-0.3, -0.25) is 0 Å². The highest BCUT2D eigenvalue weighted by molar-refractivity contribution is 6.17. The van der Waals surface area contributed by atoms with E-state index < -0.39 is 0 Å². The molecule has 0 spiro atoms. The fourth-order valence-electron chi connectivity index (χ4n) is 4.57. The second-order valence-corrected chi connectivity index (χ2v) is 8.09. The third kappa shape index (κ3) is 3.17. The number of anilines is 1. The molecule has 2 bridgehead atoms. The first-order chi connectivity index (χ1) is 12.2. The van der Waals surface area contributed by atoms with E-state index in [2.05, 4.69) is 14.9 Å². The molecule has 0 unspecified atom stereocenters. The van der Waals surface area contributed by atoms with E-state index in [4.69, 9.17) is 21.3 Å². The lowest BCUT2D eigenvalue weighted by molar-refractivity contribution is -0.938. The largest absolute Gasteiger partial charge is 0.467 e. The first-order valence-corrected chi connectivity index (χ1v) is 10.0. The Hall–Kier alpha value is -1.18. The quantitative estimate of drug-likeness (QED) is 0.578. The summed E-state index contributed by atoms with van der Waals surface area (Å²) in [7, 11) is 1.65. The molecular weight excluding hydrogens is 340 g/mol. The Balaban J connectivity index is 1.62. The molecule has 0 aromatic carbocycles. The Bertz CT molecular complexity index is 597. The molecule has 1 aromatic rings. The van der Waals surface area contributed by atoms with E-state index in [0.717, 1.165) is 61.5 Å². The molecular formula is C17H29ClN6O+2. The molecule has 25 heavy (non-hydrogen) atoms. The van der Waals surface area contributed by atoms with Crippen molar-refractivity contribution in [3.63, 3.8) is 0 Å². The van der Waals surface area contributed by atoms with Crippen LogP contribution < -0.4 is 14.1 Å². The maximum Gasteiger partial charge on any atom is 0.337 e. The fourth-order valence-corrected chi connectivity index (χ4v) is 4.93. The summed E-state index contributed by atoms with van der Waals surface area (Å²) < 4.78 is 7.47. The molecule has 4 saturated heterocycles. The highest BCUT2D eigenvalue weighted by atomic mass is 35.5. The summed E-state index contributed by atoms with van der Waals surface area (Å²) in [6.07, 6.45) is 3.72. The number of aromatic nitrogens is 3. The van der Waals surface area contributed by atoms with Crippen LogP contribution in [0, 0.1) is 0 Å². The average Bonchev–Trinajstić information content (AvgIpc) is 2.70. The van der Waals surface area contributed by atoms with E-state index >= 15 is 0 Å². The fraction of sp³-hybridized carbons (Fsp3) is 0.824. The van der Waals surface area contributed by atoms with Gasteiger partial charge in [-0.05, 0) is 19.3 Å². The van der Waals surface area contributed by atoms with Crippen LogP contribution in [0.5, 0.6) is 6.01 Å². The third-order valence-corrected chi connectivity index (χ3v) is 6.57. The van der Waals surface area contributed by atoms with E-state index in [1.54, 1.807) is 7.11 Å². The zero-order chi connectivity index (χ0) is 17.3. The van der Waals surface area contributed by atoms with Crippen molar-refractivity contribution in [3.8, 4) is 6.01 Å². The van der Waals surface area contributed by atoms with Crippen LogP contribution in [-0.2, 0) is 0 Å². The van der Waals surface area contributed by atoms with Gasteiger partial charge in [0.05, 0.1) is 19.5 Å². The predicted molar refractivity (Wildman–Crippen MR) is 99.3 cm³/mol. The summed E-state index contributed by atoms with van der Waals surface area (Å²) in [6, 6.07) is 0.454. The maximum atomic E-state index is 6.04. The number of quaternary nitrogens is 2. The molecule has 4 aliphatic heterocycles. The number of piperazine rings is 3. The first kappa shape index (κ1) is 17.2. The Morgan fingerprint density at radius 3 is 2.24 bits per heavy atom. The number of fused-ring (bicyclic) bond motifs is 3. The van der Waals surface area contributed by atoms with Crippen molar-refractivity contribution in [1.82, 2.24) is 19.4 Å². The molecule has 7 nitrogen and oxygen atoms in total. The number of methoxy groups -OCH3 is 1. The second-order valence-electron chi connectivity index (χ2n) is 7.71. The van der Waals surface area contributed by atoms with E-state index in [9.17, 15) is 0 Å². The van der Waals surface area contributed by atoms with Crippen LogP contribution in [-0.4, -0.2) is 91.3 Å². The molecule has 138 valence electrons. The number of nitrogens with zero attached hydrogens (tertiary/aromatic N) is 6. The Labute approximate surface area is 154 Å². The van der Waals surface area contributed by atoms with Crippen molar-refractivity contribution in [1.29, 1.82) is 0 Å². The van der Waals surface area contributed by atoms with Crippen LogP contribution in [0.2, 0.25) is 0 Å². The Morgan fingerprint density at radius 2 is 1.64 bits per heavy atom. The number of halogens is 1. The molecule has 0 radical (unpaired) electrons. The maximum absolute atomic E-state index is 6.04. The molecule has 0 aliphatic carbocycles. The van der Waals surface area contributed by atoms with Crippen molar-refractivity contribution in [2.75, 3.05) is 76.8 Å². The molecule has 8 heteroatoms. The molecule has 5 rings (SSSR count). The number of alkyl halides is 1. The normalized spacial score (nSPS) is 32.0. The minimum atomic E-state index is 0.454. The molecule has 4 fully saturated rings. The van der Waals surface area contributed by atoms with Crippen molar-refractivity contribution in [2.45, 2.75) is 19.3 Å². The Morgan fingerprint density at radius 1 is 0.960 bits per heavy atom. The van der Waals surface area contributed by atoms with Gasteiger partial charge in [-0.2, -0.15) is 4.98 Å². The summed E-state index contributed by atoms with van der Waals surface area (Å²) in [5.41, 5.74) is 0. The molecule has 0 amide bonds. The summed E-state index contributed by atoms with van der Waals surface area (Å²) in [4.78, 5) is 16.4. The molecule has 1 aromatic heterocycles. The van der Waals surface area contributed by atoms with Gasteiger partial charge in [-0.1, -0.05) is 0 Å². The van der Waals surface area contributed by atoms with Gasteiger partial charge in [0.15, 0.2) is 0 Å². The van der Waals surface area contributed by atoms with Crippen LogP contribution in [0.25, 0.3) is 0 Å². The SMILES string of the molecule is COc1nc(N2CCCCC2)nc([N+]23CC[N+](CCCl)(CC2)CC3)n1. The van der Waals surface area contributed by atoms with Crippen LogP contribution in [0.4, 0.5) is 11.9 Å². The zero-order valence-corrected chi connectivity index (χ0v) is 15.9. The summed E-state index contributed by atoms with van der Waals surface area (Å²) in [5, 5.41) is 0. The van der Waals surface area contributed by atoms with Crippen molar-refractivity contribution in [3.05, 3.63) is 0 Å². The monoisotopic (exact) mass is 368 g/mol. The molecule has 0 atom stereocenters. The second kappa shape index (κ2) is 6.85. The van der Waals surface area contributed by atoms with E-state index in [1.165, 1.54) is 43.4 Å². The van der Waals surface area contributed by atoms with Gasteiger partial charge in [0.2, 0.25) is 5.95 Å². The van der Waals surface area contributed by atoms with E-state index in [0.29, 0.717) is 6.01 Å². The van der Waals surface area contributed by atoms with Gasteiger partial charge in [0, 0.05) is 13.1 Å². The highest BCUT2D eigenvalue weighted by Crippen LogP contribution is 2.32. The number of rotatable bonds is 5. The molecule has 0 N–H and O–H groups in total. The lowest BCUT2D eigenvalue weighted by Crippen LogP contribution is -2.76. The average molecular weight is 369 g/mol. The van der Waals surface area contributed by atoms with Crippen molar-refractivity contribution in [2.24, 2.45) is 0 Å². The third-order valence-electron chi connectivity index (χ3n) is 6.40. The lowest BCUT2D eigenvalue weighted by atomic mass is 10.1. The Kier molecular flexibility index (Phi) is 4.73. The number of ether oxygens (including phenoxy) is 1. The summed E-state index contributed by atoms with van der Waals surface area (Å²) in [5.74, 6) is 2.45. The van der Waals surface area contributed by atoms with Crippen molar-refractivity contribution < 1.29 is 9.22 Å². The van der Waals surface area contributed by atoms with Crippen LogP contribution in [0.3, 0.4) is 0 Å². The van der Waals surface area contributed by atoms with Gasteiger partial charge >= 0.3 is 12.0 Å². The van der Waals surface area contributed by atoms with Crippen LogP contribution >= 0.6 is 11.6 Å². The highest BCUT2D eigenvalue weighted by Gasteiger charge is 2.52. The van der Waals surface area contributed by atoms with Gasteiger partial charge in [-0.25, -0.2) is 4.48 Å². The number of hydrogen-bond donors (Lipinski definition) is 0. The predicted octanol–water partition coefficient (Wildman–Crippen LogP) is 1.26. The van der Waals surface area contributed by atoms with Gasteiger partial charge in [0.25, 0.3) is 0 Å². The molecule has 0 saturated carbocycles. The summed E-state index contributed by atoms with van der Waals surface area (Å²) in [6.45, 7) is 9.90. The standard InChI is InChI=1S/C17H29ClN6O/c1-25-17-20-15(22-6-3-2-4-7-22)19-16(21-17)24-12-9-23(8-5-18,10-13-24)11-14-24/h2-14H2,1H3/q+2. The van der Waals surface area contributed by atoms with Gasteiger partial charge in [0.1, 0.15) is 39.3 Å². The molecule has 4 aliphatic rings. The molecule has 5 heterocycles. The minimum absolute atomic E-state index is 0.454. The number of hydrogen-bond acceptors (Lipinski definition) is 5. The first-order valence-electron chi connectivity index (χ1n) is 9.51. The van der Waals surface area contributed by atoms with E-state index in [-0.39, 0.29) is 0 Å². The van der Waals surface area contributed by atoms with Crippen molar-refractivity contribution >= 4 is 23.5 Å². The zero-order valence-electron chi connectivity index (χ0n) is 15.2. The van der Waals surface area contributed by atoms with E-state index in [1.807, 2.05) is 0 Å². The lowest BCUT2D eigenvalue weighted by Gasteiger charge is -2.53. The summed E-state index contributed by atoms with van der Waals surface area (Å²) >= 11 is 6.04.